The van der Waals surface area contributed by atoms with E-state index in [1.165, 1.54) is 25.7 Å². The van der Waals surface area contributed by atoms with Crippen LogP contribution < -0.4 is 0 Å². The van der Waals surface area contributed by atoms with Crippen LogP contribution in [0.25, 0.3) is 0 Å². The van der Waals surface area contributed by atoms with Crippen molar-refractivity contribution in [2.45, 2.75) is 64.3 Å². The summed E-state index contributed by atoms with van der Waals surface area (Å²) >= 11 is 0. The van der Waals surface area contributed by atoms with Gasteiger partial charge in [0.2, 0.25) is 0 Å². The highest BCUT2D eigenvalue weighted by Crippen LogP contribution is 2.28. The normalized spacial score (nSPS) is 17.9. The molecule has 1 aromatic rings. The van der Waals surface area contributed by atoms with E-state index in [2.05, 4.69) is 5.10 Å². The molecule has 1 aliphatic rings. The summed E-state index contributed by atoms with van der Waals surface area (Å²) in [6.07, 6.45) is 9.01. The monoisotopic (exact) mass is 250 g/mol. The maximum atomic E-state index is 11.2. The highest BCUT2D eigenvalue weighted by Gasteiger charge is 2.22. The number of rotatable bonds is 3. The van der Waals surface area contributed by atoms with Gasteiger partial charge < -0.3 is 5.11 Å². The van der Waals surface area contributed by atoms with Crippen molar-refractivity contribution in [1.29, 1.82) is 0 Å². The first-order valence-electron chi connectivity index (χ1n) is 6.92. The largest absolute Gasteiger partial charge is 0.478 e. The Morgan fingerprint density at radius 2 is 1.94 bits per heavy atom. The van der Waals surface area contributed by atoms with E-state index in [1.807, 2.05) is 18.5 Å². The van der Waals surface area contributed by atoms with Gasteiger partial charge in [-0.15, -0.1) is 0 Å². The number of carboxylic acids is 1. The van der Waals surface area contributed by atoms with Gasteiger partial charge in [-0.2, -0.15) is 5.10 Å². The highest BCUT2D eigenvalue weighted by molar-refractivity contribution is 5.88. The number of hydrogen-bond donors (Lipinski definition) is 1. The maximum absolute atomic E-state index is 11.2. The van der Waals surface area contributed by atoms with Crippen LogP contribution in [0.15, 0.2) is 6.20 Å². The Bertz CT molecular complexity index is 415. The topological polar surface area (TPSA) is 55.1 Å². The molecule has 1 saturated carbocycles. The van der Waals surface area contributed by atoms with Gasteiger partial charge >= 0.3 is 5.97 Å². The molecule has 0 bridgehead atoms. The van der Waals surface area contributed by atoms with Crippen LogP contribution >= 0.6 is 0 Å². The average molecular weight is 250 g/mol. The van der Waals surface area contributed by atoms with Crippen molar-refractivity contribution in [1.82, 2.24) is 9.78 Å². The van der Waals surface area contributed by atoms with Crippen molar-refractivity contribution in [3.05, 3.63) is 17.5 Å². The molecule has 0 amide bonds. The Balaban J connectivity index is 2.27. The molecular formula is C14H22N2O2. The molecule has 2 rings (SSSR count). The van der Waals surface area contributed by atoms with Crippen LogP contribution in [0.5, 0.6) is 0 Å². The van der Waals surface area contributed by atoms with Gasteiger partial charge in [0.25, 0.3) is 0 Å². The minimum absolute atomic E-state index is 0.156. The molecule has 4 heteroatoms. The zero-order valence-electron chi connectivity index (χ0n) is 11.2. The number of carboxylic acid groups (broad SMARTS) is 1. The third-order valence-corrected chi connectivity index (χ3v) is 3.74. The molecular weight excluding hydrogens is 228 g/mol. The average Bonchev–Trinajstić information content (AvgIpc) is 2.59. The highest BCUT2D eigenvalue weighted by atomic mass is 16.4. The second kappa shape index (κ2) is 5.55. The van der Waals surface area contributed by atoms with Crippen LogP contribution in [0.2, 0.25) is 0 Å². The second-order valence-electron chi connectivity index (χ2n) is 5.51. The summed E-state index contributed by atoms with van der Waals surface area (Å²) in [5, 5.41) is 13.8. The SMILES string of the molecule is CC(C)c1nn(C2CCCCCC2)cc1C(=O)O. The quantitative estimate of drug-likeness (QED) is 0.834. The van der Waals surface area contributed by atoms with Crippen molar-refractivity contribution in [2.24, 2.45) is 0 Å². The molecule has 0 aromatic carbocycles. The standard InChI is InChI=1S/C14H22N2O2/c1-10(2)13-12(14(17)18)9-16(15-13)11-7-5-3-4-6-8-11/h9-11H,3-8H2,1-2H3,(H,17,18). The van der Waals surface area contributed by atoms with Gasteiger partial charge in [0.1, 0.15) is 5.56 Å². The van der Waals surface area contributed by atoms with Gasteiger partial charge in [-0.05, 0) is 18.8 Å². The van der Waals surface area contributed by atoms with Gasteiger partial charge in [0.15, 0.2) is 0 Å². The molecule has 1 fully saturated rings. The maximum Gasteiger partial charge on any atom is 0.339 e. The Labute approximate surface area is 108 Å². The number of aromatic carboxylic acids is 1. The molecule has 1 aliphatic carbocycles. The summed E-state index contributed by atoms with van der Waals surface area (Å²) in [7, 11) is 0. The number of aromatic nitrogens is 2. The van der Waals surface area contributed by atoms with E-state index in [1.54, 1.807) is 6.20 Å². The molecule has 100 valence electrons. The number of hydrogen-bond acceptors (Lipinski definition) is 2. The van der Waals surface area contributed by atoms with E-state index in [-0.39, 0.29) is 5.92 Å². The minimum atomic E-state index is -0.862. The van der Waals surface area contributed by atoms with Crippen molar-refractivity contribution < 1.29 is 9.90 Å². The minimum Gasteiger partial charge on any atom is -0.478 e. The van der Waals surface area contributed by atoms with Gasteiger partial charge in [0.05, 0.1) is 11.7 Å². The predicted molar refractivity (Wildman–Crippen MR) is 70.0 cm³/mol. The third-order valence-electron chi connectivity index (χ3n) is 3.74. The summed E-state index contributed by atoms with van der Waals surface area (Å²) in [6, 6.07) is 0.387. The summed E-state index contributed by atoms with van der Waals surface area (Å²) in [4.78, 5) is 11.2. The molecule has 1 heterocycles. The van der Waals surface area contributed by atoms with E-state index < -0.39 is 5.97 Å². The predicted octanol–water partition coefficient (Wildman–Crippen LogP) is 3.60. The van der Waals surface area contributed by atoms with Crippen LogP contribution in [0.4, 0.5) is 0 Å². The van der Waals surface area contributed by atoms with Crippen LogP contribution in [0.1, 0.15) is 80.4 Å². The van der Waals surface area contributed by atoms with Crippen molar-refractivity contribution in [3.63, 3.8) is 0 Å². The van der Waals surface area contributed by atoms with Crippen LogP contribution in [0, 0.1) is 0 Å². The van der Waals surface area contributed by atoms with E-state index >= 15 is 0 Å². The Kier molecular flexibility index (Phi) is 4.04. The van der Waals surface area contributed by atoms with Gasteiger partial charge in [-0.3, -0.25) is 4.68 Å². The van der Waals surface area contributed by atoms with Gasteiger partial charge in [-0.25, -0.2) is 4.79 Å². The molecule has 0 radical (unpaired) electrons. The fourth-order valence-electron chi connectivity index (χ4n) is 2.71. The van der Waals surface area contributed by atoms with Crippen LogP contribution in [0.3, 0.4) is 0 Å². The molecule has 18 heavy (non-hydrogen) atoms. The lowest BCUT2D eigenvalue weighted by Crippen LogP contribution is -2.09. The molecule has 1 aromatic heterocycles. The first kappa shape index (κ1) is 13.1. The van der Waals surface area contributed by atoms with E-state index in [0.29, 0.717) is 17.3 Å². The van der Waals surface area contributed by atoms with Gasteiger partial charge in [-0.1, -0.05) is 39.5 Å². The van der Waals surface area contributed by atoms with E-state index in [9.17, 15) is 9.90 Å². The van der Waals surface area contributed by atoms with E-state index in [0.717, 1.165) is 12.8 Å². The summed E-state index contributed by atoms with van der Waals surface area (Å²) in [6.45, 7) is 3.98. The third kappa shape index (κ3) is 2.74. The molecule has 0 spiro atoms. The van der Waals surface area contributed by atoms with Crippen molar-refractivity contribution in [3.8, 4) is 0 Å². The molecule has 0 unspecified atom stereocenters. The summed E-state index contributed by atoms with van der Waals surface area (Å²) < 4.78 is 1.91. The number of carbonyl (C=O) groups is 1. The van der Waals surface area contributed by atoms with Gasteiger partial charge in [0, 0.05) is 6.20 Å². The fourth-order valence-corrected chi connectivity index (χ4v) is 2.71. The fraction of sp³-hybridized carbons (Fsp3) is 0.714. The lowest BCUT2D eigenvalue weighted by Gasteiger charge is -2.14. The molecule has 0 atom stereocenters. The van der Waals surface area contributed by atoms with Crippen LogP contribution in [-0.2, 0) is 0 Å². The van der Waals surface area contributed by atoms with E-state index in [4.69, 9.17) is 0 Å². The first-order chi connectivity index (χ1) is 8.59. The Hall–Kier alpha value is -1.32. The van der Waals surface area contributed by atoms with Crippen LogP contribution in [-0.4, -0.2) is 20.9 Å². The lowest BCUT2D eigenvalue weighted by molar-refractivity contribution is 0.0695. The Morgan fingerprint density at radius 1 is 1.33 bits per heavy atom. The summed E-state index contributed by atoms with van der Waals surface area (Å²) in [5.74, 6) is -0.707. The van der Waals surface area contributed by atoms with Crippen molar-refractivity contribution >= 4 is 5.97 Å². The smallest absolute Gasteiger partial charge is 0.339 e. The molecule has 1 N–H and O–H groups in total. The second-order valence-corrected chi connectivity index (χ2v) is 5.51. The molecule has 4 nitrogen and oxygen atoms in total. The number of nitrogens with zero attached hydrogens (tertiary/aromatic N) is 2. The van der Waals surface area contributed by atoms with Crippen molar-refractivity contribution in [2.75, 3.05) is 0 Å². The molecule has 0 saturated heterocycles. The summed E-state index contributed by atoms with van der Waals surface area (Å²) in [5.41, 5.74) is 1.08. The Morgan fingerprint density at radius 3 is 2.39 bits per heavy atom. The molecule has 0 aliphatic heterocycles. The first-order valence-corrected chi connectivity index (χ1v) is 6.92. The zero-order chi connectivity index (χ0) is 13.1. The lowest BCUT2D eigenvalue weighted by atomic mass is 10.1. The zero-order valence-corrected chi connectivity index (χ0v) is 11.2.